The topological polar surface area (TPSA) is 102 Å². The number of carbonyl (C=O) groups excluding carboxylic acids is 1. The van der Waals surface area contributed by atoms with Gasteiger partial charge in [0, 0.05) is 31.8 Å². The third-order valence-corrected chi connectivity index (χ3v) is 3.92. The second-order valence-electron chi connectivity index (χ2n) is 5.78. The van der Waals surface area contributed by atoms with E-state index in [-0.39, 0.29) is 24.9 Å². The standard InChI is InChI=1S/C15H26O7/c1-9-12(8-21-11(3)16)22-15(10(2)14(9)19)20-7-5-4-6-13(17)18/h9-10,12,14-15,19H,4-8H2,1-3H3,(H,17,18)/t9-,10?,12?,14-,15+/m0/s1. The summed E-state index contributed by atoms with van der Waals surface area (Å²) in [5.41, 5.74) is 0. The van der Waals surface area contributed by atoms with E-state index in [9.17, 15) is 14.7 Å². The molecule has 0 bridgehead atoms. The second kappa shape index (κ2) is 9.07. The summed E-state index contributed by atoms with van der Waals surface area (Å²) in [6, 6.07) is 0. The van der Waals surface area contributed by atoms with Crippen LogP contribution in [0.4, 0.5) is 0 Å². The maximum Gasteiger partial charge on any atom is 0.303 e. The van der Waals surface area contributed by atoms with E-state index in [1.54, 1.807) is 0 Å². The van der Waals surface area contributed by atoms with Crippen molar-refractivity contribution in [3.8, 4) is 0 Å². The number of carboxylic acid groups (broad SMARTS) is 1. The predicted molar refractivity (Wildman–Crippen MR) is 77.1 cm³/mol. The molecule has 128 valence electrons. The molecule has 0 spiro atoms. The molecule has 1 aliphatic heterocycles. The lowest BCUT2D eigenvalue weighted by atomic mass is 9.86. The fourth-order valence-corrected chi connectivity index (χ4v) is 2.44. The molecule has 0 amide bonds. The largest absolute Gasteiger partial charge is 0.481 e. The molecule has 2 N–H and O–H groups in total. The lowest BCUT2D eigenvalue weighted by Crippen LogP contribution is -2.51. The van der Waals surface area contributed by atoms with E-state index in [4.69, 9.17) is 19.3 Å². The summed E-state index contributed by atoms with van der Waals surface area (Å²) >= 11 is 0. The summed E-state index contributed by atoms with van der Waals surface area (Å²) in [5, 5.41) is 18.8. The molecular weight excluding hydrogens is 292 g/mol. The summed E-state index contributed by atoms with van der Waals surface area (Å²) in [5.74, 6) is -1.59. The monoisotopic (exact) mass is 318 g/mol. The Bertz CT molecular complexity index is 371. The smallest absolute Gasteiger partial charge is 0.303 e. The van der Waals surface area contributed by atoms with Crippen molar-refractivity contribution in [1.82, 2.24) is 0 Å². The van der Waals surface area contributed by atoms with Crippen molar-refractivity contribution < 1.29 is 34.0 Å². The number of hydrogen-bond donors (Lipinski definition) is 2. The van der Waals surface area contributed by atoms with Gasteiger partial charge in [-0.3, -0.25) is 9.59 Å². The van der Waals surface area contributed by atoms with Gasteiger partial charge >= 0.3 is 11.9 Å². The van der Waals surface area contributed by atoms with Crippen LogP contribution in [-0.4, -0.2) is 53.9 Å². The molecule has 1 aliphatic rings. The molecule has 0 aliphatic carbocycles. The zero-order chi connectivity index (χ0) is 16.7. The zero-order valence-corrected chi connectivity index (χ0v) is 13.4. The van der Waals surface area contributed by atoms with Gasteiger partial charge in [-0.15, -0.1) is 0 Å². The number of aliphatic hydroxyl groups is 1. The molecule has 7 nitrogen and oxygen atoms in total. The highest BCUT2D eigenvalue weighted by atomic mass is 16.7. The van der Waals surface area contributed by atoms with Gasteiger partial charge < -0.3 is 24.4 Å². The lowest BCUT2D eigenvalue weighted by molar-refractivity contribution is -0.268. The molecule has 1 rings (SSSR count). The van der Waals surface area contributed by atoms with Crippen molar-refractivity contribution in [2.24, 2.45) is 11.8 Å². The number of esters is 1. The zero-order valence-electron chi connectivity index (χ0n) is 13.4. The first kappa shape index (κ1) is 18.9. The van der Waals surface area contributed by atoms with Crippen LogP contribution in [0.2, 0.25) is 0 Å². The van der Waals surface area contributed by atoms with Crippen LogP contribution in [0.5, 0.6) is 0 Å². The van der Waals surface area contributed by atoms with Gasteiger partial charge in [-0.05, 0) is 12.8 Å². The van der Waals surface area contributed by atoms with Crippen LogP contribution >= 0.6 is 0 Å². The normalized spacial score (nSPS) is 31.7. The first-order valence-electron chi connectivity index (χ1n) is 7.63. The van der Waals surface area contributed by atoms with Gasteiger partial charge in [0.2, 0.25) is 0 Å². The number of carbonyl (C=O) groups is 2. The molecule has 0 aromatic heterocycles. The minimum absolute atomic E-state index is 0.0825. The fraction of sp³-hybridized carbons (Fsp3) is 0.867. The summed E-state index contributed by atoms with van der Waals surface area (Å²) in [6.07, 6.45) is -0.362. The third kappa shape index (κ3) is 5.90. The Labute approximate surface area is 130 Å². The Morgan fingerprint density at radius 1 is 1.18 bits per heavy atom. The Morgan fingerprint density at radius 2 is 1.86 bits per heavy atom. The molecule has 0 radical (unpaired) electrons. The minimum Gasteiger partial charge on any atom is -0.481 e. The highest BCUT2D eigenvalue weighted by molar-refractivity contribution is 5.66. The molecular formula is C15H26O7. The number of unbranched alkanes of at least 4 members (excludes halogenated alkanes) is 1. The Hall–Kier alpha value is -1.18. The average Bonchev–Trinajstić information content (AvgIpc) is 2.45. The van der Waals surface area contributed by atoms with Gasteiger partial charge in [0.1, 0.15) is 6.61 Å². The van der Waals surface area contributed by atoms with E-state index >= 15 is 0 Å². The van der Waals surface area contributed by atoms with Crippen LogP contribution in [-0.2, 0) is 23.8 Å². The van der Waals surface area contributed by atoms with E-state index in [1.165, 1.54) is 6.92 Å². The molecule has 22 heavy (non-hydrogen) atoms. The van der Waals surface area contributed by atoms with Crippen LogP contribution in [0.1, 0.15) is 40.0 Å². The Morgan fingerprint density at radius 3 is 2.45 bits per heavy atom. The van der Waals surface area contributed by atoms with Gasteiger partial charge in [0.15, 0.2) is 6.29 Å². The maximum atomic E-state index is 10.9. The van der Waals surface area contributed by atoms with Gasteiger partial charge in [0.05, 0.1) is 12.2 Å². The summed E-state index contributed by atoms with van der Waals surface area (Å²) in [4.78, 5) is 21.3. The van der Waals surface area contributed by atoms with E-state index in [2.05, 4.69) is 0 Å². The lowest BCUT2D eigenvalue weighted by Gasteiger charge is -2.42. The van der Waals surface area contributed by atoms with Crippen molar-refractivity contribution in [3.05, 3.63) is 0 Å². The molecule has 7 heteroatoms. The van der Waals surface area contributed by atoms with Crippen molar-refractivity contribution >= 4 is 11.9 Å². The summed E-state index contributed by atoms with van der Waals surface area (Å²) in [7, 11) is 0. The van der Waals surface area contributed by atoms with Gasteiger partial charge in [-0.25, -0.2) is 0 Å². The number of hydrogen-bond acceptors (Lipinski definition) is 6. The first-order chi connectivity index (χ1) is 10.3. The van der Waals surface area contributed by atoms with Crippen molar-refractivity contribution in [2.45, 2.75) is 58.5 Å². The molecule has 1 fully saturated rings. The third-order valence-electron chi connectivity index (χ3n) is 3.92. The van der Waals surface area contributed by atoms with E-state index in [0.29, 0.717) is 19.4 Å². The highest BCUT2D eigenvalue weighted by Crippen LogP contribution is 2.31. The number of aliphatic carboxylic acids is 1. The van der Waals surface area contributed by atoms with Crippen LogP contribution in [0.15, 0.2) is 0 Å². The fourth-order valence-electron chi connectivity index (χ4n) is 2.44. The van der Waals surface area contributed by atoms with Gasteiger partial charge in [-0.1, -0.05) is 13.8 Å². The van der Waals surface area contributed by atoms with Crippen molar-refractivity contribution in [1.29, 1.82) is 0 Å². The first-order valence-corrected chi connectivity index (χ1v) is 7.63. The quantitative estimate of drug-likeness (QED) is 0.511. The summed E-state index contributed by atoms with van der Waals surface area (Å²) in [6.45, 7) is 5.45. The second-order valence-corrected chi connectivity index (χ2v) is 5.78. The average molecular weight is 318 g/mol. The van der Waals surface area contributed by atoms with Crippen molar-refractivity contribution in [3.63, 3.8) is 0 Å². The predicted octanol–water partition coefficient (Wildman–Crippen LogP) is 1.18. The molecule has 2 unspecified atom stereocenters. The molecule has 1 heterocycles. The van der Waals surface area contributed by atoms with Crippen LogP contribution in [0, 0.1) is 11.8 Å². The molecule has 1 saturated heterocycles. The van der Waals surface area contributed by atoms with Gasteiger partial charge in [0.25, 0.3) is 0 Å². The SMILES string of the molecule is CC(=O)OCC1O[C@@H](OCCCCC(=O)O)C(C)[C@@H](O)[C@H]1C. The Kier molecular flexibility index (Phi) is 7.78. The van der Waals surface area contributed by atoms with Crippen LogP contribution < -0.4 is 0 Å². The minimum atomic E-state index is -0.826. The molecule has 0 aromatic carbocycles. The number of aliphatic hydroxyl groups excluding tert-OH is 1. The van der Waals surface area contributed by atoms with Gasteiger partial charge in [-0.2, -0.15) is 0 Å². The number of carboxylic acids is 1. The highest BCUT2D eigenvalue weighted by Gasteiger charge is 2.41. The van der Waals surface area contributed by atoms with Crippen LogP contribution in [0.25, 0.3) is 0 Å². The van der Waals surface area contributed by atoms with Crippen LogP contribution in [0.3, 0.4) is 0 Å². The summed E-state index contributed by atoms with van der Waals surface area (Å²) < 4.78 is 16.4. The van der Waals surface area contributed by atoms with E-state index < -0.39 is 30.4 Å². The number of ether oxygens (including phenoxy) is 3. The van der Waals surface area contributed by atoms with Crippen molar-refractivity contribution in [2.75, 3.05) is 13.2 Å². The van der Waals surface area contributed by atoms with E-state index in [1.807, 2.05) is 13.8 Å². The maximum absolute atomic E-state index is 10.9. The number of rotatable bonds is 8. The van der Waals surface area contributed by atoms with E-state index in [0.717, 1.165) is 0 Å². The Balaban J connectivity index is 2.43. The molecule has 0 saturated carbocycles. The molecule has 5 atom stereocenters. The molecule has 0 aromatic rings.